The number of carbonyl (C=O) groups excluding carboxylic acids is 1. The van der Waals surface area contributed by atoms with Crippen LogP contribution in [-0.4, -0.2) is 53.9 Å². The lowest BCUT2D eigenvalue weighted by Gasteiger charge is -2.40. The minimum atomic E-state index is -0.834. The summed E-state index contributed by atoms with van der Waals surface area (Å²) in [5, 5.41) is 22.6. The maximum atomic E-state index is 13.2. The number of nitrogens with one attached hydrogen (secondary N) is 3. The van der Waals surface area contributed by atoms with Crippen molar-refractivity contribution in [2.24, 2.45) is 0 Å². The molecule has 2 unspecified atom stereocenters. The van der Waals surface area contributed by atoms with Crippen LogP contribution in [0.15, 0.2) is 28.9 Å². The van der Waals surface area contributed by atoms with Crippen molar-refractivity contribution in [3.8, 4) is 0 Å². The maximum Gasteiger partial charge on any atom is 0.269 e. The fraction of sp³-hybridized carbons (Fsp3) is 0.375. The average Bonchev–Trinajstić information content (AvgIpc) is 2.54. The Hall–Kier alpha value is -2.03. The molecule has 25 heavy (non-hydrogen) atoms. The van der Waals surface area contributed by atoms with Gasteiger partial charge in [0.2, 0.25) is 0 Å². The minimum Gasteiger partial charge on any atom is -0.391 e. The van der Waals surface area contributed by atoms with E-state index in [-0.39, 0.29) is 22.5 Å². The smallest absolute Gasteiger partial charge is 0.269 e. The molecule has 0 aliphatic carbocycles. The molecule has 2 atom stereocenters. The summed E-state index contributed by atoms with van der Waals surface area (Å²) in [5.41, 5.74) is 0.0424. The van der Waals surface area contributed by atoms with Gasteiger partial charge < -0.3 is 26.0 Å². The molecule has 1 aliphatic rings. The van der Waals surface area contributed by atoms with Crippen molar-refractivity contribution in [2.75, 3.05) is 25.0 Å². The van der Waals surface area contributed by atoms with Crippen molar-refractivity contribution in [1.82, 2.24) is 10.2 Å². The number of aliphatic hydroxyl groups excluding tert-OH is 1. The van der Waals surface area contributed by atoms with E-state index < -0.39 is 23.6 Å². The van der Waals surface area contributed by atoms with E-state index in [0.717, 1.165) is 18.3 Å². The van der Waals surface area contributed by atoms with Crippen LogP contribution in [0.2, 0.25) is 0 Å². The molecule has 6 nitrogen and oxygen atoms in total. The Kier molecular flexibility index (Phi) is 6.46. The van der Waals surface area contributed by atoms with Crippen molar-refractivity contribution >= 4 is 29.4 Å². The number of carbonyl (C=O) groups is 1. The zero-order valence-corrected chi connectivity index (χ0v) is 14.3. The van der Waals surface area contributed by atoms with Gasteiger partial charge in [-0.3, -0.25) is 4.79 Å². The summed E-state index contributed by atoms with van der Waals surface area (Å²) in [4.78, 5) is 14.0. The zero-order chi connectivity index (χ0) is 18.6. The van der Waals surface area contributed by atoms with Gasteiger partial charge in [0.25, 0.3) is 5.91 Å². The number of allylic oxidation sites excluding steroid dienone is 1. The van der Waals surface area contributed by atoms with E-state index in [0.29, 0.717) is 25.7 Å². The van der Waals surface area contributed by atoms with Crippen molar-refractivity contribution in [2.45, 2.75) is 19.1 Å². The normalized spacial score (nSPS) is 19.9. The van der Waals surface area contributed by atoms with Gasteiger partial charge in [-0.1, -0.05) is 11.6 Å². The van der Waals surface area contributed by atoms with Crippen LogP contribution in [0.4, 0.5) is 14.5 Å². The molecule has 1 saturated heterocycles. The van der Waals surface area contributed by atoms with Crippen LogP contribution >= 0.6 is 11.6 Å². The summed E-state index contributed by atoms with van der Waals surface area (Å²) >= 11 is 6.12. The molecule has 0 saturated carbocycles. The number of amides is 1. The van der Waals surface area contributed by atoms with E-state index in [9.17, 15) is 18.7 Å². The Morgan fingerprint density at radius 2 is 2.12 bits per heavy atom. The Morgan fingerprint density at radius 3 is 2.68 bits per heavy atom. The van der Waals surface area contributed by atoms with Crippen molar-refractivity contribution in [3.63, 3.8) is 0 Å². The van der Waals surface area contributed by atoms with Crippen LogP contribution in [-0.2, 0) is 4.79 Å². The summed E-state index contributed by atoms with van der Waals surface area (Å²) in [6.07, 6.45) is 0.210. The molecule has 0 bridgehead atoms. The molecule has 0 radical (unpaired) electrons. The Morgan fingerprint density at radius 1 is 1.48 bits per heavy atom. The van der Waals surface area contributed by atoms with Gasteiger partial charge in [0.15, 0.2) is 0 Å². The first-order chi connectivity index (χ1) is 11.8. The number of piperazine rings is 1. The van der Waals surface area contributed by atoms with Crippen molar-refractivity contribution in [1.29, 1.82) is 5.41 Å². The number of rotatable bonds is 5. The lowest BCUT2D eigenvalue weighted by Crippen LogP contribution is -2.55. The molecule has 9 heteroatoms. The third-order valence-electron chi connectivity index (χ3n) is 3.83. The highest BCUT2D eigenvalue weighted by atomic mass is 35.5. The first-order valence-electron chi connectivity index (χ1n) is 7.66. The van der Waals surface area contributed by atoms with E-state index in [1.54, 1.807) is 11.8 Å². The summed E-state index contributed by atoms with van der Waals surface area (Å²) in [7, 11) is 0. The van der Waals surface area contributed by atoms with Gasteiger partial charge in [-0.05, 0) is 19.1 Å². The fourth-order valence-corrected chi connectivity index (χ4v) is 2.87. The standard InChI is InChI=1S/C16H19ClF2N4O2/c1-9(24)14-8-21-2-3-23(14)13(7-20)15(17)16(25)22-12-5-10(18)4-11(19)6-12/h4-7,9,14,20-21,24H,2-3,8H2,1H3,(H,22,25)/b15-13-,20-7?. The highest BCUT2D eigenvalue weighted by molar-refractivity contribution is 6.45. The molecule has 0 spiro atoms. The van der Waals surface area contributed by atoms with Gasteiger partial charge >= 0.3 is 0 Å². The average molecular weight is 373 g/mol. The monoisotopic (exact) mass is 372 g/mol. The summed E-state index contributed by atoms with van der Waals surface area (Å²) in [6, 6.07) is 2.24. The van der Waals surface area contributed by atoms with Gasteiger partial charge in [-0.15, -0.1) is 0 Å². The van der Waals surface area contributed by atoms with Gasteiger partial charge in [0.1, 0.15) is 16.7 Å². The largest absolute Gasteiger partial charge is 0.391 e. The van der Waals surface area contributed by atoms with Gasteiger partial charge in [0.05, 0.1) is 17.8 Å². The quantitative estimate of drug-likeness (QED) is 0.467. The maximum absolute atomic E-state index is 13.2. The summed E-state index contributed by atoms with van der Waals surface area (Å²) in [5.74, 6) is -2.47. The topological polar surface area (TPSA) is 88.5 Å². The molecule has 1 aliphatic heterocycles. The van der Waals surface area contributed by atoms with Crippen LogP contribution in [0.5, 0.6) is 0 Å². The molecule has 2 rings (SSSR count). The molecule has 1 aromatic carbocycles. The Bertz CT molecular complexity index is 676. The van der Waals surface area contributed by atoms with E-state index >= 15 is 0 Å². The summed E-state index contributed by atoms with van der Waals surface area (Å²) in [6.45, 7) is 3.12. The molecule has 4 N–H and O–H groups in total. The van der Waals surface area contributed by atoms with Crippen LogP contribution in [0.25, 0.3) is 0 Å². The van der Waals surface area contributed by atoms with Gasteiger partial charge in [-0.25, -0.2) is 8.78 Å². The number of anilines is 1. The van der Waals surface area contributed by atoms with Crippen LogP contribution in [0, 0.1) is 17.0 Å². The second-order valence-electron chi connectivity index (χ2n) is 5.66. The van der Waals surface area contributed by atoms with Gasteiger partial charge in [-0.2, -0.15) is 0 Å². The SMILES string of the molecule is CC(O)C1CNCCN1/C(C=N)=C(\Cl)C(=O)Nc1cc(F)cc(F)c1. The number of benzene rings is 1. The first-order valence-corrected chi connectivity index (χ1v) is 8.04. The van der Waals surface area contributed by atoms with Crippen molar-refractivity contribution in [3.05, 3.63) is 40.6 Å². The predicted molar refractivity (Wildman–Crippen MR) is 91.7 cm³/mol. The third-order valence-corrected chi connectivity index (χ3v) is 4.20. The molecule has 1 heterocycles. The second-order valence-corrected chi connectivity index (χ2v) is 6.04. The third kappa shape index (κ3) is 4.75. The molecule has 1 amide bonds. The molecular weight excluding hydrogens is 354 g/mol. The molecule has 1 fully saturated rings. The number of hydrogen-bond acceptors (Lipinski definition) is 5. The van der Waals surface area contributed by atoms with Crippen LogP contribution in [0.1, 0.15) is 6.92 Å². The number of nitrogens with zero attached hydrogens (tertiary/aromatic N) is 1. The van der Waals surface area contributed by atoms with Crippen LogP contribution < -0.4 is 10.6 Å². The van der Waals surface area contributed by atoms with E-state index in [2.05, 4.69) is 10.6 Å². The minimum absolute atomic E-state index is 0.0858. The first kappa shape index (κ1) is 19.3. The Balaban J connectivity index is 2.27. The number of halogens is 3. The van der Waals surface area contributed by atoms with E-state index in [4.69, 9.17) is 17.0 Å². The van der Waals surface area contributed by atoms with E-state index in [1.165, 1.54) is 0 Å². The predicted octanol–water partition coefficient (Wildman–Crippen LogP) is 1.66. The van der Waals surface area contributed by atoms with Crippen molar-refractivity contribution < 1.29 is 18.7 Å². The Labute approximate surface area is 149 Å². The molecule has 1 aromatic rings. The molecule has 0 aromatic heterocycles. The lowest BCUT2D eigenvalue weighted by atomic mass is 10.1. The zero-order valence-electron chi connectivity index (χ0n) is 13.5. The molecular formula is C16H19ClF2N4O2. The van der Waals surface area contributed by atoms with E-state index in [1.807, 2.05) is 0 Å². The number of aliphatic hydroxyl groups is 1. The lowest BCUT2D eigenvalue weighted by molar-refractivity contribution is -0.112. The molecule has 136 valence electrons. The van der Waals surface area contributed by atoms with Crippen LogP contribution in [0.3, 0.4) is 0 Å². The highest BCUT2D eigenvalue weighted by Crippen LogP contribution is 2.21. The number of hydrogen-bond donors (Lipinski definition) is 4. The highest BCUT2D eigenvalue weighted by Gasteiger charge is 2.29. The summed E-state index contributed by atoms with van der Waals surface area (Å²) < 4.78 is 26.4. The van der Waals surface area contributed by atoms with Gasteiger partial charge in [0, 0.05) is 37.6 Å². The second kappa shape index (κ2) is 8.37. The fourth-order valence-electron chi connectivity index (χ4n) is 2.66.